The first-order chi connectivity index (χ1) is 9.40. The molecule has 5 nitrogen and oxygen atoms in total. The fourth-order valence-electron chi connectivity index (χ4n) is 2.00. The highest BCUT2D eigenvalue weighted by molar-refractivity contribution is 5.90. The Morgan fingerprint density at radius 1 is 1.35 bits per heavy atom. The zero-order valence-electron chi connectivity index (χ0n) is 10.8. The van der Waals surface area contributed by atoms with Crippen molar-refractivity contribution in [1.29, 1.82) is 0 Å². The molecule has 1 aromatic rings. The number of urea groups is 1. The molecule has 2 rings (SSSR count). The molecule has 2 amide bonds. The van der Waals surface area contributed by atoms with Crippen LogP contribution in [0.1, 0.15) is 6.92 Å². The lowest BCUT2D eigenvalue weighted by Gasteiger charge is -2.41. The second kappa shape index (κ2) is 5.44. The molecule has 0 spiro atoms. The Labute approximate surface area is 114 Å². The Bertz CT molecular complexity index is 524. The molecule has 1 aromatic carbocycles. The van der Waals surface area contributed by atoms with E-state index >= 15 is 0 Å². The van der Waals surface area contributed by atoms with E-state index in [2.05, 4.69) is 5.32 Å². The number of anilines is 1. The van der Waals surface area contributed by atoms with Gasteiger partial charge in [0.05, 0.1) is 5.92 Å². The molecule has 20 heavy (non-hydrogen) atoms. The number of amides is 2. The van der Waals surface area contributed by atoms with Gasteiger partial charge in [-0.1, -0.05) is 13.0 Å². The largest absolute Gasteiger partial charge is 0.481 e. The maximum Gasteiger partial charge on any atom is 0.322 e. The summed E-state index contributed by atoms with van der Waals surface area (Å²) >= 11 is 0. The third-order valence-corrected chi connectivity index (χ3v) is 3.49. The van der Waals surface area contributed by atoms with Crippen molar-refractivity contribution < 1.29 is 23.5 Å². The number of nitrogens with zero attached hydrogens (tertiary/aromatic N) is 1. The summed E-state index contributed by atoms with van der Waals surface area (Å²) in [5, 5.41) is 11.0. The van der Waals surface area contributed by atoms with Crippen molar-refractivity contribution in [2.45, 2.75) is 6.92 Å². The standard InChI is InChI=1S/C13H14F2N2O3/c1-7(12(18)19)8-5-17(6-8)13(20)16-11-9(14)3-2-4-10(11)15/h2-4,7-8H,5-6H2,1H3,(H,16,20)(H,18,19). The molecule has 1 saturated heterocycles. The van der Waals surface area contributed by atoms with Gasteiger partial charge in [-0.05, 0) is 12.1 Å². The predicted molar refractivity (Wildman–Crippen MR) is 67.2 cm³/mol. The topological polar surface area (TPSA) is 69.6 Å². The highest BCUT2D eigenvalue weighted by atomic mass is 19.1. The van der Waals surface area contributed by atoms with Crippen LogP contribution in [0.25, 0.3) is 0 Å². The number of carboxylic acids is 1. The lowest BCUT2D eigenvalue weighted by Crippen LogP contribution is -2.54. The van der Waals surface area contributed by atoms with Crippen molar-refractivity contribution >= 4 is 17.7 Å². The summed E-state index contributed by atoms with van der Waals surface area (Å²) in [4.78, 5) is 23.9. The van der Waals surface area contributed by atoms with Crippen LogP contribution in [-0.4, -0.2) is 35.1 Å². The summed E-state index contributed by atoms with van der Waals surface area (Å²) in [6, 6.07) is 2.66. The molecular weight excluding hydrogens is 270 g/mol. The molecule has 1 fully saturated rings. The van der Waals surface area contributed by atoms with Crippen LogP contribution in [0, 0.1) is 23.5 Å². The van der Waals surface area contributed by atoms with Crippen molar-refractivity contribution in [2.75, 3.05) is 18.4 Å². The Hall–Kier alpha value is -2.18. The highest BCUT2D eigenvalue weighted by Crippen LogP contribution is 2.25. The van der Waals surface area contributed by atoms with E-state index in [-0.39, 0.29) is 19.0 Å². The third kappa shape index (κ3) is 2.71. The van der Waals surface area contributed by atoms with Crippen molar-refractivity contribution in [3.8, 4) is 0 Å². The van der Waals surface area contributed by atoms with E-state index in [1.807, 2.05) is 0 Å². The molecule has 1 atom stereocenters. The van der Waals surface area contributed by atoms with Crippen molar-refractivity contribution in [1.82, 2.24) is 4.90 Å². The lowest BCUT2D eigenvalue weighted by atomic mass is 9.87. The maximum absolute atomic E-state index is 13.4. The number of carbonyl (C=O) groups is 2. The molecule has 0 bridgehead atoms. The molecule has 0 aliphatic carbocycles. The summed E-state index contributed by atoms with van der Waals surface area (Å²) in [6.45, 7) is 2.09. The second-order valence-electron chi connectivity index (χ2n) is 4.82. The third-order valence-electron chi connectivity index (χ3n) is 3.49. The molecule has 0 radical (unpaired) electrons. The van der Waals surface area contributed by atoms with E-state index in [0.29, 0.717) is 0 Å². The van der Waals surface area contributed by atoms with Crippen LogP contribution in [0.3, 0.4) is 0 Å². The number of likely N-dealkylation sites (tertiary alicyclic amines) is 1. The molecule has 1 unspecified atom stereocenters. The van der Waals surface area contributed by atoms with Gasteiger partial charge in [0, 0.05) is 19.0 Å². The minimum atomic E-state index is -0.921. The van der Waals surface area contributed by atoms with Crippen LogP contribution >= 0.6 is 0 Å². The second-order valence-corrected chi connectivity index (χ2v) is 4.82. The Kier molecular flexibility index (Phi) is 3.87. The fourth-order valence-corrected chi connectivity index (χ4v) is 2.00. The first-order valence-electron chi connectivity index (χ1n) is 6.13. The maximum atomic E-state index is 13.4. The first-order valence-corrected chi connectivity index (χ1v) is 6.13. The van der Waals surface area contributed by atoms with Crippen LogP contribution in [0.5, 0.6) is 0 Å². The summed E-state index contributed by atoms with van der Waals surface area (Å²) < 4.78 is 26.7. The zero-order valence-corrected chi connectivity index (χ0v) is 10.8. The first kappa shape index (κ1) is 14.2. The number of rotatable bonds is 3. The molecule has 0 saturated carbocycles. The SMILES string of the molecule is CC(C(=O)O)C1CN(C(=O)Nc2c(F)cccc2F)C1. The van der Waals surface area contributed by atoms with Crippen LogP contribution in [0.15, 0.2) is 18.2 Å². The Morgan fingerprint density at radius 3 is 2.40 bits per heavy atom. The van der Waals surface area contributed by atoms with Crippen LogP contribution in [-0.2, 0) is 4.79 Å². The normalized spacial score (nSPS) is 16.4. The van der Waals surface area contributed by atoms with Crippen LogP contribution < -0.4 is 5.32 Å². The van der Waals surface area contributed by atoms with Crippen LogP contribution in [0.4, 0.5) is 19.3 Å². The van der Waals surface area contributed by atoms with E-state index < -0.39 is 35.2 Å². The van der Waals surface area contributed by atoms with Gasteiger partial charge in [0.2, 0.25) is 0 Å². The number of hydrogen-bond acceptors (Lipinski definition) is 2. The predicted octanol–water partition coefficient (Wildman–Crippen LogP) is 2.15. The van der Waals surface area contributed by atoms with E-state index in [0.717, 1.165) is 12.1 Å². The van der Waals surface area contributed by atoms with Gasteiger partial charge in [-0.25, -0.2) is 13.6 Å². The zero-order chi connectivity index (χ0) is 14.9. The summed E-state index contributed by atoms with van der Waals surface area (Å²) in [5.74, 6) is -3.31. The van der Waals surface area contributed by atoms with Gasteiger partial charge in [-0.2, -0.15) is 0 Å². The van der Waals surface area contributed by atoms with Gasteiger partial charge in [-0.15, -0.1) is 0 Å². The minimum absolute atomic E-state index is 0.135. The van der Waals surface area contributed by atoms with E-state index in [1.54, 1.807) is 6.92 Å². The number of carbonyl (C=O) groups excluding carboxylic acids is 1. The number of para-hydroxylation sites is 1. The van der Waals surface area contributed by atoms with Crippen molar-refractivity contribution in [3.63, 3.8) is 0 Å². The number of halogens is 2. The summed E-state index contributed by atoms with van der Waals surface area (Å²) in [6.07, 6.45) is 0. The van der Waals surface area contributed by atoms with E-state index in [9.17, 15) is 18.4 Å². The van der Waals surface area contributed by atoms with E-state index in [1.165, 1.54) is 11.0 Å². The van der Waals surface area contributed by atoms with Gasteiger partial charge in [0.1, 0.15) is 17.3 Å². The Balaban J connectivity index is 1.94. The molecule has 1 heterocycles. The molecule has 2 N–H and O–H groups in total. The Morgan fingerprint density at radius 2 is 1.90 bits per heavy atom. The molecule has 0 aromatic heterocycles. The minimum Gasteiger partial charge on any atom is -0.481 e. The van der Waals surface area contributed by atoms with Crippen molar-refractivity contribution in [2.24, 2.45) is 11.8 Å². The number of aliphatic carboxylic acids is 1. The smallest absolute Gasteiger partial charge is 0.322 e. The van der Waals surface area contributed by atoms with E-state index in [4.69, 9.17) is 5.11 Å². The molecule has 1 aliphatic rings. The lowest BCUT2D eigenvalue weighted by molar-refractivity contribution is -0.144. The number of carboxylic acid groups (broad SMARTS) is 1. The number of hydrogen-bond donors (Lipinski definition) is 2. The average molecular weight is 284 g/mol. The molecule has 108 valence electrons. The van der Waals surface area contributed by atoms with Gasteiger partial charge >= 0.3 is 12.0 Å². The van der Waals surface area contributed by atoms with Crippen molar-refractivity contribution in [3.05, 3.63) is 29.8 Å². The van der Waals surface area contributed by atoms with Gasteiger partial charge < -0.3 is 15.3 Å². The number of nitrogens with one attached hydrogen (secondary N) is 1. The molecule has 1 aliphatic heterocycles. The van der Waals surface area contributed by atoms with Crippen LogP contribution in [0.2, 0.25) is 0 Å². The number of benzene rings is 1. The quantitative estimate of drug-likeness (QED) is 0.893. The molecule has 7 heteroatoms. The average Bonchev–Trinajstić information content (AvgIpc) is 2.32. The molecular formula is C13H14F2N2O3. The van der Waals surface area contributed by atoms with Gasteiger partial charge in [0.15, 0.2) is 0 Å². The fraction of sp³-hybridized carbons (Fsp3) is 0.385. The highest BCUT2D eigenvalue weighted by Gasteiger charge is 2.37. The van der Waals surface area contributed by atoms with Gasteiger partial charge in [0.25, 0.3) is 0 Å². The summed E-state index contributed by atoms with van der Waals surface area (Å²) in [5.41, 5.74) is -0.493. The summed E-state index contributed by atoms with van der Waals surface area (Å²) in [7, 11) is 0. The van der Waals surface area contributed by atoms with Gasteiger partial charge in [-0.3, -0.25) is 4.79 Å². The monoisotopic (exact) mass is 284 g/mol.